The minimum atomic E-state index is -1.16. The molecule has 2 heterocycles. The molecule has 2 aromatic carbocycles. The minimum absolute atomic E-state index is 0.0395. The molecular formula is C25H25ClN4O4. The van der Waals surface area contributed by atoms with Crippen LogP contribution >= 0.6 is 11.6 Å². The molecule has 8 nitrogen and oxygen atoms in total. The molecule has 1 fully saturated rings. The molecule has 1 saturated heterocycles. The van der Waals surface area contributed by atoms with Crippen molar-refractivity contribution in [2.75, 3.05) is 0 Å². The van der Waals surface area contributed by atoms with E-state index in [2.05, 4.69) is 10.3 Å². The first-order valence-corrected chi connectivity index (χ1v) is 11.4. The molecule has 0 spiro atoms. The lowest BCUT2D eigenvalue weighted by atomic mass is 10.1. The number of carboxylic acids is 1. The highest BCUT2D eigenvalue weighted by molar-refractivity contribution is 6.30. The Morgan fingerprint density at radius 2 is 1.88 bits per heavy atom. The number of aromatic nitrogens is 2. The van der Waals surface area contributed by atoms with Crippen LogP contribution in [0.3, 0.4) is 0 Å². The molecule has 0 radical (unpaired) electrons. The molecule has 1 aliphatic rings. The molecule has 176 valence electrons. The van der Waals surface area contributed by atoms with Crippen molar-refractivity contribution in [2.45, 2.75) is 44.4 Å². The third-order valence-corrected chi connectivity index (χ3v) is 6.03. The number of halogens is 1. The largest absolute Gasteiger partial charge is 0.480 e. The predicted molar refractivity (Wildman–Crippen MR) is 126 cm³/mol. The summed E-state index contributed by atoms with van der Waals surface area (Å²) in [6.07, 6.45) is 4.03. The van der Waals surface area contributed by atoms with Gasteiger partial charge in [-0.2, -0.15) is 0 Å². The Hall–Kier alpha value is -3.65. The van der Waals surface area contributed by atoms with Crippen molar-refractivity contribution in [3.8, 4) is 0 Å². The molecule has 0 unspecified atom stereocenters. The van der Waals surface area contributed by atoms with Crippen LogP contribution in [0.5, 0.6) is 0 Å². The summed E-state index contributed by atoms with van der Waals surface area (Å²) in [6, 6.07) is 15.0. The lowest BCUT2D eigenvalue weighted by Gasteiger charge is -2.25. The van der Waals surface area contributed by atoms with Crippen LogP contribution in [-0.2, 0) is 33.9 Å². The number of carbonyl (C=O) groups is 3. The normalized spacial score (nSPS) is 16.4. The van der Waals surface area contributed by atoms with Crippen LogP contribution in [-0.4, -0.2) is 49.4 Å². The van der Waals surface area contributed by atoms with Crippen LogP contribution in [0.1, 0.15) is 29.7 Å². The van der Waals surface area contributed by atoms with Crippen LogP contribution in [0.15, 0.2) is 67.1 Å². The van der Waals surface area contributed by atoms with Gasteiger partial charge >= 0.3 is 5.97 Å². The molecule has 2 N–H and O–H groups in total. The summed E-state index contributed by atoms with van der Waals surface area (Å²) in [7, 11) is 0. The number of likely N-dealkylation sites (tertiary alicyclic amines) is 1. The summed E-state index contributed by atoms with van der Waals surface area (Å²) in [5.74, 6) is -1.78. The van der Waals surface area contributed by atoms with Gasteiger partial charge in [-0.1, -0.05) is 54.1 Å². The number of nitrogens with zero attached hydrogens (tertiary/aromatic N) is 3. The van der Waals surface area contributed by atoms with Gasteiger partial charge in [0.05, 0.1) is 12.0 Å². The number of aliphatic carboxylic acids is 1. The fourth-order valence-electron chi connectivity index (χ4n) is 4.11. The zero-order chi connectivity index (χ0) is 24.1. The molecule has 1 aliphatic heterocycles. The molecule has 2 amide bonds. The fourth-order valence-corrected chi connectivity index (χ4v) is 4.32. The summed E-state index contributed by atoms with van der Waals surface area (Å²) in [4.78, 5) is 43.1. The lowest BCUT2D eigenvalue weighted by molar-refractivity contribution is -0.143. The molecular weight excluding hydrogens is 456 g/mol. The van der Waals surface area contributed by atoms with E-state index in [0.29, 0.717) is 23.7 Å². The fraction of sp³-hybridized carbons (Fsp3) is 0.280. The third kappa shape index (κ3) is 5.82. The lowest BCUT2D eigenvalue weighted by Crippen LogP contribution is -2.50. The number of hydrogen-bond donors (Lipinski definition) is 2. The maximum absolute atomic E-state index is 13.0. The number of nitrogens with one attached hydrogen (secondary N) is 1. The van der Waals surface area contributed by atoms with Crippen molar-refractivity contribution in [1.29, 1.82) is 0 Å². The van der Waals surface area contributed by atoms with Crippen LogP contribution in [0.4, 0.5) is 0 Å². The van der Waals surface area contributed by atoms with E-state index in [9.17, 15) is 19.5 Å². The highest BCUT2D eigenvalue weighted by Gasteiger charge is 2.37. The standard InChI is InChI=1S/C25H25ClN4O4/c26-19-8-4-7-18(11-19)14-30-22(9-10-23(30)31)24(32)28-21(25(33)34)12-20-15-29(16-27-20)13-17-5-2-1-3-6-17/h1-8,11,15-16,21-22H,9-10,12-14H2,(H,28,32)(H,33,34)/t21-,22-/m0/s1. The van der Waals surface area contributed by atoms with Gasteiger partial charge in [-0.3, -0.25) is 9.59 Å². The van der Waals surface area contributed by atoms with E-state index in [0.717, 1.165) is 11.1 Å². The van der Waals surface area contributed by atoms with Gasteiger partial charge in [-0.05, 0) is 29.7 Å². The Morgan fingerprint density at radius 3 is 2.62 bits per heavy atom. The first-order chi connectivity index (χ1) is 16.4. The van der Waals surface area contributed by atoms with Crippen LogP contribution in [0, 0.1) is 0 Å². The van der Waals surface area contributed by atoms with Gasteiger partial charge in [0.25, 0.3) is 0 Å². The number of imidazole rings is 1. The Labute approximate surface area is 202 Å². The molecule has 2 atom stereocenters. The second-order valence-corrected chi connectivity index (χ2v) is 8.77. The second kappa shape index (κ2) is 10.5. The topological polar surface area (TPSA) is 105 Å². The number of amides is 2. The van der Waals surface area contributed by atoms with Gasteiger partial charge < -0.3 is 19.9 Å². The highest BCUT2D eigenvalue weighted by atomic mass is 35.5. The average Bonchev–Trinajstić information content (AvgIpc) is 3.40. The Bertz CT molecular complexity index is 1180. The van der Waals surface area contributed by atoms with Crippen LogP contribution in [0.2, 0.25) is 5.02 Å². The first kappa shape index (κ1) is 23.5. The van der Waals surface area contributed by atoms with Gasteiger partial charge in [-0.15, -0.1) is 0 Å². The zero-order valence-electron chi connectivity index (χ0n) is 18.4. The molecule has 0 bridgehead atoms. The van der Waals surface area contributed by atoms with Crippen molar-refractivity contribution < 1.29 is 19.5 Å². The highest BCUT2D eigenvalue weighted by Crippen LogP contribution is 2.23. The van der Waals surface area contributed by atoms with E-state index in [4.69, 9.17) is 11.6 Å². The van der Waals surface area contributed by atoms with Gasteiger partial charge in [0.1, 0.15) is 12.1 Å². The average molecular weight is 481 g/mol. The number of rotatable bonds is 9. The second-order valence-electron chi connectivity index (χ2n) is 8.33. The maximum Gasteiger partial charge on any atom is 0.326 e. The quantitative estimate of drug-likeness (QED) is 0.490. The maximum atomic E-state index is 13.0. The summed E-state index contributed by atoms with van der Waals surface area (Å²) in [6.45, 7) is 0.847. The Balaban J connectivity index is 1.40. The van der Waals surface area contributed by atoms with Crippen molar-refractivity contribution in [2.24, 2.45) is 0 Å². The van der Waals surface area contributed by atoms with E-state index in [1.54, 1.807) is 30.7 Å². The molecule has 0 saturated carbocycles. The smallest absolute Gasteiger partial charge is 0.326 e. The molecule has 4 rings (SSSR count). The monoisotopic (exact) mass is 480 g/mol. The van der Waals surface area contributed by atoms with Crippen LogP contribution in [0.25, 0.3) is 0 Å². The van der Waals surface area contributed by atoms with E-state index >= 15 is 0 Å². The van der Waals surface area contributed by atoms with E-state index < -0.39 is 24.0 Å². The summed E-state index contributed by atoms with van der Waals surface area (Å²) in [5, 5.41) is 12.9. The molecule has 1 aromatic heterocycles. The number of hydrogen-bond acceptors (Lipinski definition) is 4. The first-order valence-electron chi connectivity index (χ1n) is 11.0. The molecule has 3 aromatic rings. The van der Waals surface area contributed by atoms with Crippen LogP contribution < -0.4 is 5.32 Å². The van der Waals surface area contributed by atoms with Gasteiger partial charge in [0.15, 0.2) is 0 Å². The predicted octanol–water partition coefficient (Wildman–Crippen LogP) is 2.89. The van der Waals surface area contributed by atoms with E-state index in [1.165, 1.54) is 4.90 Å². The van der Waals surface area contributed by atoms with Crippen molar-refractivity contribution in [3.05, 3.63) is 89.0 Å². The van der Waals surface area contributed by atoms with Crippen molar-refractivity contribution >= 4 is 29.4 Å². The third-order valence-electron chi connectivity index (χ3n) is 5.80. The molecule has 0 aliphatic carbocycles. The Morgan fingerprint density at radius 1 is 1.12 bits per heavy atom. The number of carbonyl (C=O) groups excluding carboxylic acids is 2. The SMILES string of the molecule is O=C(O)[C@H](Cc1cn(Cc2ccccc2)cn1)NC(=O)[C@@H]1CCC(=O)N1Cc1cccc(Cl)c1. The molecule has 9 heteroatoms. The summed E-state index contributed by atoms with van der Waals surface area (Å²) < 4.78 is 1.87. The summed E-state index contributed by atoms with van der Waals surface area (Å²) in [5.41, 5.74) is 2.46. The zero-order valence-corrected chi connectivity index (χ0v) is 19.2. The summed E-state index contributed by atoms with van der Waals surface area (Å²) >= 11 is 6.04. The van der Waals surface area contributed by atoms with E-state index in [-0.39, 0.29) is 25.3 Å². The minimum Gasteiger partial charge on any atom is -0.480 e. The van der Waals surface area contributed by atoms with Gasteiger partial charge in [0, 0.05) is 37.2 Å². The number of benzene rings is 2. The van der Waals surface area contributed by atoms with Crippen molar-refractivity contribution in [1.82, 2.24) is 19.8 Å². The van der Waals surface area contributed by atoms with Gasteiger partial charge in [-0.25, -0.2) is 9.78 Å². The Kier molecular flexibility index (Phi) is 7.27. The van der Waals surface area contributed by atoms with E-state index in [1.807, 2.05) is 41.0 Å². The van der Waals surface area contributed by atoms with Crippen molar-refractivity contribution in [3.63, 3.8) is 0 Å². The van der Waals surface area contributed by atoms with Gasteiger partial charge in [0.2, 0.25) is 11.8 Å². The molecule has 34 heavy (non-hydrogen) atoms. The number of carboxylic acid groups (broad SMARTS) is 1.